The van der Waals surface area contributed by atoms with E-state index in [1.807, 2.05) is 62.6 Å². The fraction of sp³-hybridized carbons (Fsp3) is 0.316. The van der Waals surface area contributed by atoms with E-state index in [4.69, 9.17) is 4.74 Å². The first kappa shape index (κ1) is 17.0. The molecular formula is C19H24N2O2. The summed E-state index contributed by atoms with van der Waals surface area (Å²) >= 11 is 0. The number of para-hydroxylation sites is 1. The summed E-state index contributed by atoms with van der Waals surface area (Å²) in [5.74, 6) is 0.689. The van der Waals surface area contributed by atoms with Crippen LogP contribution in [0.25, 0.3) is 11.1 Å². The van der Waals surface area contributed by atoms with Crippen molar-refractivity contribution in [2.24, 2.45) is 0 Å². The SMILES string of the molecule is COc1ccccc1-c1ccccc1C(=O)NCC(C)N(C)C. The van der Waals surface area contributed by atoms with Gasteiger partial charge in [-0.05, 0) is 38.7 Å². The Morgan fingerprint density at radius 2 is 1.70 bits per heavy atom. The van der Waals surface area contributed by atoms with Crippen molar-refractivity contribution in [1.29, 1.82) is 0 Å². The van der Waals surface area contributed by atoms with Gasteiger partial charge in [0, 0.05) is 23.7 Å². The predicted molar refractivity (Wildman–Crippen MR) is 93.9 cm³/mol. The quantitative estimate of drug-likeness (QED) is 0.891. The number of hydrogen-bond donors (Lipinski definition) is 1. The standard InChI is InChI=1S/C19H24N2O2/c1-14(21(2)3)13-20-19(22)17-11-6-5-9-15(17)16-10-7-8-12-18(16)23-4/h5-12,14H,13H2,1-4H3,(H,20,22). The van der Waals surface area contributed by atoms with Gasteiger partial charge >= 0.3 is 0 Å². The van der Waals surface area contributed by atoms with Crippen molar-refractivity contribution in [2.75, 3.05) is 27.7 Å². The van der Waals surface area contributed by atoms with Crippen molar-refractivity contribution in [3.05, 3.63) is 54.1 Å². The molecule has 0 aliphatic rings. The molecule has 1 N–H and O–H groups in total. The van der Waals surface area contributed by atoms with Crippen LogP contribution in [0.4, 0.5) is 0 Å². The van der Waals surface area contributed by atoms with Crippen LogP contribution in [0, 0.1) is 0 Å². The van der Waals surface area contributed by atoms with Crippen LogP contribution in [-0.4, -0.2) is 44.6 Å². The number of rotatable bonds is 6. The number of nitrogens with zero attached hydrogens (tertiary/aromatic N) is 1. The van der Waals surface area contributed by atoms with E-state index >= 15 is 0 Å². The number of carbonyl (C=O) groups excluding carboxylic acids is 1. The van der Waals surface area contributed by atoms with Crippen LogP contribution in [-0.2, 0) is 0 Å². The lowest BCUT2D eigenvalue weighted by Gasteiger charge is -2.20. The Kier molecular flexibility index (Phi) is 5.77. The molecule has 0 saturated carbocycles. The molecule has 0 heterocycles. The number of carbonyl (C=O) groups is 1. The normalized spacial score (nSPS) is 12.0. The van der Waals surface area contributed by atoms with E-state index in [0.717, 1.165) is 16.9 Å². The van der Waals surface area contributed by atoms with Gasteiger partial charge in [-0.1, -0.05) is 36.4 Å². The summed E-state index contributed by atoms with van der Waals surface area (Å²) in [6, 6.07) is 15.6. The molecule has 0 saturated heterocycles. The van der Waals surface area contributed by atoms with Crippen LogP contribution >= 0.6 is 0 Å². The van der Waals surface area contributed by atoms with Gasteiger partial charge in [0.1, 0.15) is 5.75 Å². The molecule has 0 fully saturated rings. The fourth-order valence-electron chi connectivity index (χ4n) is 2.30. The minimum atomic E-state index is -0.0693. The number of amides is 1. The molecule has 0 bridgehead atoms. The van der Waals surface area contributed by atoms with E-state index in [-0.39, 0.29) is 11.9 Å². The van der Waals surface area contributed by atoms with Crippen molar-refractivity contribution in [1.82, 2.24) is 10.2 Å². The molecular weight excluding hydrogens is 288 g/mol. The zero-order valence-electron chi connectivity index (χ0n) is 14.2. The maximum absolute atomic E-state index is 12.6. The Balaban J connectivity index is 2.29. The van der Waals surface area contributed by atoms with Gasteiger partial charge in [-0.3, -0.25) is 4.79 Å². The molecule has 122 valence electrons. The lowest BCUT2D eigenvalue weighted by atomic mass is 9.98. The second-order valence-electron chi connectivity index (χ2n) is 5.77. The Morgan fingerprint density at radius 3 is 2.35 bits per heavy atom. The monoisotopic (exact) mass is 312 g/mol. The molecule has 0 radical (unpaired) electrons. The molecule has 1 atom stereocenters. The summed E-state index contributed by atoms with van der Waals surface area (Å²) in [5, 5.41) is 3.01. The van der Waals surface area contributed by atoms with E-state index in [2.05, 4.69) is 17.1 Å². The molecule has 2 aromatic carbocycles. The van der Waals surface area contributed by atoms with E-state index in [1.54, 1.807) is 7.11 Å². The molecule has 4 heteroatoms. The first-order valence-corrected chi connectivity index (χ1v) is 7.71. The molecule has 23 heavy (non-hydrogen) atoms. The van der Waals surface area contributed by atoms with Gasteiger partial charge in [-0.25, -0.2) is 0 Å². The summed E-state index contributed by atoms with van der Waals surface area (Å²) in [4.78, 5) is 14.7. The van der Waals surface area contributed by atoms with Crippen molar-refractivity contribution in [3.8, 4) is 16.9 Å². The third-order valence-corrected chi connectivity index (χ3v) is 4.01. The highest BCUT2D eigenvalue weighted by Crippen LogP contribution is 2.31. The van der Waals surface area contributed by atoms with E-state index < -0.39 is 0 Å². The van der Waals surface area contributed by atoms with E-state index in [9.17, 15) is 4.79 Å². The maximum atomic E-state index is 12.6. The Hall–Kier alpha value is -2.33. The highest BCUT2D eigenvalue weighted by Gasteiger charge is 2.15. The molecule has 0 aromatic heterocycles. The van der Waals surface area contributed by atoms with Gasteiger partial charge in [-0.15, -0.1) is 0 Å². The maximum Gasteiger partial charge on any atom is 0.251 e. The molecule has 1 amide bonds. The Bertz CT molecular complexity index is 668. The first-order chi connectivity index (χ1) is 11.0. The lowest BCUT2D eigenvalue weighted by molar-refractivity contribution is 0.0944. The minimum absolute atomic E-state index is 0.0693. The van der Waals surface area contributed by atoms with Crippen molar-refractivity contribution >= 4 is 5.91 Å². The highest BCUT2D eigenvalue weighted by molar-refractivity contribution is 6.01. The smallest absolute Gasteiger partial charge is 0.251 e. The average Bonchev–Trinajstić information content (AvgIpc) is 2.59. The molecule has 2 rings (SSSR count). The number of likely N-dealkylation sites (N-methyl/N-ethyl adjacent to an activating group) is 1. The molecule has 0 aliphatic heterocycles. The number of hydrogen-bond acceptors (Lipinski definition) is 3. The van der Waals surface area contributed by atoms with Gasteiger partial charge in [0.25, 0.3) is 5.91 Å². The van der Waals surface area contributed by atoms with E-state index in [0.29, 0.717) is 12.1 Å². The molecule has 1 unspecified atom stereocenters. The average molecular weight is 312 g/mol. The summed E-state index contributed by atoms with van der Waals surface area (Å²) in [6.45, 7) is 2.68. The number of nitrogens with one attached hydrogen (secondary N) is 1. The third-order valence-electron chi connectivity index (χ3n) is 4.01. The van der Waals surface area contributed by atoms with Crippen LogP contribution in [0.1, 0.15) is 17.3 Å². The number of methoxy groups -OCH3 is 1. The van der Waals surface area contributed by atoms with Gasteiger partial charge < -0.3 is 15.0 Å². The van der Waals surface area contributed by atoms with Crippen LogP contribution in [0.2, 0.25) is 0 Å². The lowest BCUT2D eigenvalue weighted by Crippen LogP contribution is -2.38. The van der Waals surface area contributed by atoms with Crippen molar-refractivity contribution in [2.45, 2.75) is 13.0 Å². The highest BCUT2D eigenvalue weighted by atomic mass is 16.5. The largest absolute Gasteiger partial charge is 0.496 e. The number of ether oxygens (including phenoxy) is 1. The van der Waals surface area contributed by atoms with Crippen molar-refractivity contribution < 1.29 is 9.53 Å². The molecule has 2 aromatic rings. The topological polar surface area (TPSA) is 41.6 Å². The van der Waals surface area contributed by atoms with Gasteiger partial charge in [0.05, 0.1) is 7.11 Å². The van der Waals surface area contributed by atoms with Crippen LogP contribution < -0.4 is 10.1 Å². The Morgan fingerprint density at radius 1 is 1.09 bits per heavy atom. The summed E-state index contributed by atoms with van der Waals surface area (Å²) in [5.41, 5.74) is 2.45. The zero-order valence-corrected chi connectivity index (χ0v) is 14.2. The second-order valence-corrected chi connectivity index (χ2v) is 5.77. The van der Waals surface area contributed by atoms with Crippen molar-refractivity contribution in [3.63, 3.8) is 0 Å². The van der Waals surface area contributed by atoms with E-state index in [1.165, 1.54) is 0 Å². The predicted octanol–water partition coefficient (Wildman–Crippen LogP) is 3.04. The van der Waals surface area contributed by atoms with Crippen LogP contribution in [0.15, 0.2) is 48.5 Å². The molecule has 0 spiro atoms. The van der Waals surface area contributed by atoms with Crippen LogP contribution in [0.5, 0.6) is 5.75 Å². The fourth-order valence-corrected chi connectivity index (χ4v) is 2.30. The van der Waals surface area contributed by atoms with Gasteiger partial charge in [0.15, 0.2) is 0 Å². The van der Waals surface area contributed by atoms with Gasteiger partial charge in [-0.2, -0.15) is 0 Å². The third kappa shape index (κ3) is 4.11. The first-order valence-electron chi connectivity index (χ1n) is 7.71. The zero-order chi connectivity index (χ0) is 16.8. The summed E-state index contributed by atoms with van der Waals surface area (Å²) in [7, 11) is 5.64. The molecule has 0 aliphatic carbocycles. The minimum Gasteiger partial charge on any atom is -0.496 e. The van der Waals surface area contributed by atoms with Crippen LogP contribution in [0.3, 0.4) is 0 Å². The molecule has 4 nitrogen and oxygen atoms in total. The Labute approximate surface area is 138 Å². The number of benzene rings is 2. The van der Waals surface area contributed by atoms with Gasteiger partial charge in [0.2, 0.25) is 0 Å². The second kappa shape index (κ2) is 7.79. The summed E-state index contributed by atoms with van der Waals surface area (Å²) < 4.78 is 5.43. The summed E-state index contributed by atoms with van der Waals surface area (Å²) in [6.07, 6.45) is 0.